The molecule has 0 aromatic rings. The maximum atomic E-state index is 10.3. The van der Waals surface area contributed by atoms with Crippen LogP contribution in [0.3, 0.4) is 0 Å². The summed E-state index contributed by atoms with van der Waals surface area (Å²) in [5.41, 5.74) is -5.48. The molecule has 0 saturated heterocycles. The Labute approximate surface area is 186 Å². The van der Waals surface area contributed by atoms with E-state index in [0.29, 0.717) is 12.8 Å². The zero-order valence-corrected chi connectivity index (χ0v) is 17.4. The fourth-order valence-corrected chi connectivity index (χ4v) is 1.81. The summed E-state index contributed by atoms with van der Waals surface area (Å²) in [5, 5.41) is 84.4. The zero-order chi connectivity index (χ0) is 27.0. The van der Waals surface area contributed by atoms with E-state index in [1.54, 1.807) is 6.92 Å². The number of aliphatic hydroxyl groups excluding tert-OH is 2. The molecule has 33 heavy (non-hydrogen) atoms. The molecule has 0 fully saturated rings. The summed E-state index contributed by atoms with van der Waals surface area (Å²) in [4.78, 5) is 61.0. The van der Waals surface area contributed by atoms with Crippen LogP contribution in [0.5, 0.6) is 0 Å². The van der Waals surface area contributed by atoms with Crippen LogP contribution in [0, 0.1) is 0 Å². The van der Waals surface area contributed by atoms with Crippen molar-refractivity contribution in [3.63, 3.8) is 0 Å². The van der Waals surface area contributed by atoms with Gasteiger partial charge in [-0.05, 0) is 19.8 Å². The minimum absolute atomic E-state index is 0.185. The van der Waals surface area contributed by atoms with E-state index in [1.165, 1.54) is 0 Å². The van der Waals surface area contributed by atoms with Crippen molar-refractivity contribution >= 4 is 35.8 Å². The molecule has 1 atom stereocenters. The molecular formula is C17H28O16. The SMILES string of the molecule is CC(O)CCCO.O=C(O)CC(O)(CC(=O)O)C(=O)O.O=C(O)CC(O)(CC(=O)O)C(=O)O. The summed E-state index contributed by atoms with van der Waals surface area (Å²) < 4.78 is 0. The van der Waals surface area contributed by atoms with E-state index in [-0.39, 0.29) is 12.7 Å². The molecule has 0 spiro atoms. The monoisotopic (exact) mass is 488 g/mol. The first-order chi connectivity index (χ1) is 14.8. The molecule has 16 heteroatoms. The second-order valence-corrected chi connectivity index (χ2v) is 6.67. The predicted molar refractivity (Wildman–Crippen MR) is 102 cm³/mol. The lowest BCUT2D eigenvalue weighted by Gasteiger charge is -2.18. The zero-order valence-electron chi connectivity index (χ0n) is 17.4. The van der Waals surface area contributed by atoms with Crippen LogP contribution in [0.25, 0.3) is 0 Å². The Bertz CT molecular complexity index is 599. The highest BCUT2D eigenvalue weighted by Gasteiger charge is 2.41. The van der Waals surface area contributed by atoms with Crippen LogP contribution in [0.15, 0.2) is 0 Å². The van der Waals surface area contributed by atoms with Crippen molar-refractivity contribution in [1.82, 2.24) is 0 Å². The van der Waals surface area contributed by atoms with E-state index in [2.05, 4.69) is 0 Å². The van der Waals surface area contributed by atoms with Gasteiger partial charge in [0.15, 0.2) is 11.2 Å². The number of aliphatic hydroxyl groups is 4. The van der Waals surface area contributed by atoms with Gasteiger partial charge in [-0.25, -0.2) is 9.59 Å². The van der Waals surface area contributed by atoms with E-state index in [1.807, 2.05) is 0 Å². The van der Waals surface area contributed by atoms with Crippen molar-refractivity contribution in [3.8, 4) is 0 Å². The smallest absolute Gasteiger partial charge is 0.336 e. The molecule has 0 heterocycles. The summed E-state index contributed by atoms with van der Waals surface area (Å²) in [6, 6.07) is 0. The standard InChI is InChI=1S/2C6H8O7.C5H12O2/c2*7-3(8)1-6(13,5(11)12)2-4(9)10;1-5(7)3-2-4-6/h2*13H,1-2H2,(H,7,8)(H,9,10)(H,11,12);5-7H,2-4H2,1H3. The lowest BCUT2D eigenvalue weighted by atomic mass is 9.96. The second kappa shape index (κ2) is 16.3. The minimum Gasteiger partial charge on any atom is -0.481 e. The van der Waals surface area contributed by atoms with Gasteiger partial charge in [0, 0.05) is 6.61 Å². The summed E-state index contributed by atoms with van der Waals surface area (Å²) in [7, 11) is 0. The molecule has 10 N–H and O–H groups in total. The van der Waals surface area contributed by atoms with Gasteiger partial charge in [-0.3, -0.25) is 19.2 Å². The van der Waals surface area contributed by atoms with Gasteiger partial charge in [-0.1, -0.05) is 0 Å². The average Bonchev–Trinajstić information content (AvgIpc) is 2.57. The van der Waals surface area contributed by atoms with Crippen molar-refractivity contribution in [1.29, 1.82) is 0 Å². The average molecular weight is 488 g/mol. The first kappa shape index (κ1) is 34.3. The number of hydrogen-bond acceptors (Lipinski definition) is 10. The fourth-order valence-electron chi connectivity index (χ4n) is 1.81. The van der Waals surface area contributed by atoms with Crippen LogP contribution in [0.1, 0.15) is 45.4 Å². The van der Waals surface area contributed by atoms with E-state index in [9.17, 15) is 28.8 Å². The molecule has 0 amide bonds. The molecule has 0 aliphatic heterocycles. The summed E-state index contributed by atoms with van der Waals surface area (Å²) in [6.07, 6.45) is -3.42. The highest BCUT2D eigenvalue weighted by molar-refractivity contribution is 5.88. The van der Waals surface area contributed by atoms with Crippen LogP contribution in [0.4, 0.5) is 0 Å². The first-order valence-electron chi connectivity index (χ1n) is 8.90. The Hall–Kier alpha value is -3.34. The highest BCUT2D eigenvalue weighted by atomic mass is 16.4. The maximum absolute atomic E-state index is 10.3. The lowest BCUT2D eigenvalue weighted by molar-refractivity contribution is -0.170. The number of aliphatic carboxylic acids is 6. The molecule has 192 valence electrons. The van der Waals surface area contributed by atoms with Crippen molar-refractivity contribution in [2.75, 3.05) is 6.61 Å². The van der Waals surface area contributed by atoms with Gasteiger partial charge in [0.2, 0.25) is 0 Å². The van der Waals surface area contributed by atoms with Crippen LogP contribution in [-0.4, -0.2) is 111 Å². The molecular weight excluding hydrogens is 460 g/mol. The number of carbonyl (C=O) groups is 6. The quantitative estimate of drug-likeness (QED) is 0.130. The fraction of sp³-hybridized carbons (Fsp3) is 0.647. The van der Waals surface area contributed by atoms with Gasteiger partial charge >= 0.3 is 35.8 Å². The van der Waals surface area contributed by atoms with Crippen LogP contribution < -0.4 is 0 Å². The molecule has 0 aliphatic rings. The number of carboxylic acid groups (broad SMARTS) is 6. The van der Waals surface area contributed by atoms with Gasteiger partial charge in [-0.2, -0.15) is 0 Å². The van der Waals surface area contributed by atoms with E-state index in [0.717, 1.165) is 0 Å². The van der Waals surface area contributed by atoms with Gasteiger partial charge in [-0.15, -0.1) is 0 Å². The lowest BCUT2D eigenvalue weighted by Crippen LogP contribution is -2.42. The summed E-state index contributed by atoms with van der Waals surface area (Å²) in [5.74, 6) is -10.0. The van der Waals surface area contributed by atoms with Crippen LogP contribution in [0.2, 0.25) is 0 Å². The van der Waals surface area contributed by atoms with E-state index in [4.69, 9.17) is 51.1 Å². The van der Waals surface area contributed by atoms with Crippen LogP contribution in [-0.2, 0) is 28.8 Å². The van der Waals surface area contributed by atoms with Crippen LogP contribution >= 0.6 is 0 Å². The third-order valence-corrected chi connectivity index (χ3v) is 3.35. The molecule has 0 bridgehead atoms. The van der Waals surface area contributed by atoms with Gasteiger partial charge in [0.25, 0.3) is 0 Å². The predicted octanol–water partition coefficient (Wildman–Crippen LogP) is -2.36. The Kier molecular flexibility index (Phi) is 16.9. The van der Waals surface area contributed by atoms with Crippen molar-refractivity contribution in [2.45, 2.75) is 62.8 Å². The van der Waals surface area contributed by atoms with E-state index >= 15 is 0 Å². The first-order valence-corrected chi connectivity index (χ1v) is 8.90. The van der Waals surface area contributed by atoms with E-state index < -0.39 is 72.7 Å². The van der Waals surface area contributed by atoms with Gasteiger partial charge in [0.1, 0.15) is 0 Å². The molecule has 0 aromatic heterocycles. The number of hydrogen-bond donors (Lipinski definition) is 10. The van der Waals surface area contributed by atoms with Crippen molar-refractivity contribution in [2.24, 2.45) is 0 Å². The Morgan fingerprint density at radius 2 is 0.879 bits per heavy atom. The maximum Gasteiger partial charge on any atom is 0.336 e. The molecule has 0 radical (unpaired) electrons. The minimum atomic E-state index is -2.74. The highest BCUT2D eigenvalue weighted by Crippen LogP contribution is 2.16. The molecule has 0 rings (SSSR count). The van der Waals surface area contributed by atoms with Crippen molar-refractivity contribution < 1.29 is 79.8 Å². The van der Waals surface area contributed by atoms with Gasteiger partial charge < -0.3 is 51.1 Å². The Morgan fingerprint density at radius 3 is 0.970 bits per heavy atom. The molecule has 1 unspecified atom stereocenters. The number of carboxylic acids is 6. The largest absolute Gasteiger partial charge is 0.481 e. The van der Waals surface area contributed by atoms with Crippen molar-refractivity contribution in [3.05, 3.63) is 0 Å². The Morgan fingerprint density at radius 1 is 0.636 bits per heavy atom. The third kappa shape index (κ3) is 19.1. The second-order valence-electron chi connectivity index (χ2n) is 6.67. The molecule has 0 saturated carbocycles. The van der Waals surface area contributed by atoms with Gasteiger partial charge in [0.05, 0.1) is 31.8 Å². The summed E-state index contributed by atoms with van der Waals surface area (Å²) >= 11 is 0. The summed E-state index contributed by atoms with van der Waals surface area (Å²) in [6.45, 7) is 1.90. The topological polar surface area (TPSA) is 305 Å². The normalized spacial score (nSPS) is 11.5. The molecule has 0 aromatic carbocycles. The molecule has 16 nitrogen and oxygen atoms in total. The molecule has 0 aliphatic carbocycles. The third-order valence-electron chi connectivity index (χ3n) is 3.35. The Balaban J connectivity index is -0.000000429. The number of rotatable bonds is 13.